The van der Waals surface area contributed by atoms with Gasteiger partial charge in [0.25, 0.3) is 0 Å². The molecule has 1 aromatic rings. The van der Waals surface area contributed by atoms with Crippen LogP contribution in [0.4, 0.5) is 0 Å². The molecule has 5 heteroatoms. The van der Waals surface area contributed by atoms with Crippen molar-refractivity contribution >= 4 is 17.2 Å². The van der Waals surface area contributed by atoms with Gasteiger partial charge in [-0.25, -0.2) is 9.78 Å². The second-order valence-corrected chi connectivity index (χ2v) is 4.70. The van der Waals surface area contributed by atoms with Crippen molar-refractivity contribution in [3.8, 4) is 0 Å². The first-order chi connectivity index (χ1) is 7.11. The SMILES string of the molecule is NC(=S)CC1(Cn2cccnc2=O)CC1. The molecule has 1 aliphatic carbocycles. The van der Waals surface area contributed by atoms with Gasteiger partial charge in [-0.1, -0.05) is 12.2 Å². The molecule has 1 aromatic heterocycles. The fourth-order valence-corrected chi connectivity index (χ4v) is 2.11. The average Bonchev–Trinajstić information content (AvgIpc) is 2.88. The Bertz CT molecular complexity index is 436. The Kier molecular flexibility index (Phi) is 2.56. The minimum Gasteiger partial charge on any atom is -0.393 e. The summed E-state index contributed by atoms with van der Waals surface area (Å²) in [7, 11) is 0. The standard InChI is InChI=1S/C10H13N3OS/c11-8(15)6-10(2-3-10)7-13-5-1-4-12-9(13)14/h1,4-5H,2-3,6-7H2,(H2,11,15). The monoisotopic (exact) mass is 223 g/mol. The number of aromatic nitrogens is 2. The molecule has 1 fully saturated rings. The van der Waals surface area contributed by atoms with Crippen molar-refractivity contribution in [2.24, 2.45) is 11.1 Å². The minimum absolute atomic E-state index is 0.124. The quantitative estimate of drug-likeness (QED) is 0.763. The van der Waals surface area contributed by atoms with Crippen molar-refractivity contribution in [3.63, 3.8) is 0 Å². The molecule has 2 N–H and O–H groups in total. The van der Waals surface area contributed by atoms with Gasteiger partial charge < -0.3 is 5.73 Å². The van der Waals surface area contributed by atoms with Crippen LogP contribution >= 0.6 is 12.2 Å². The van der Waals surface area contributed by atoms with Gasteiger partial charge in [-0.2, -0.15) is 0 Å². The smallest absolute Gasteiger partial charge is 0.347 e. The number of thiocarbonyl (C=S) groups is 1. The molecular formula is C10H13N3OS. The third kappa shape index (κ3) is 2.41. The van der Waals surface area contributed by atoms with Gasteiger partial charge in [-0.05, 0) is 24.3 Å². The van der Waals surface area contributed by atoms with Crippen molar-refractivity contribution in [1.82, 2.24) is 9.55 Å². The molecule has 1 saturated carbocycles. The topological polar surface area (TPSA) is 60.9 Å². The van der Waals surface area contributed by atoms with Crippen LogP contribution in [0.25, 0.3) is 0 Å². The van der Waals surface area contributed by atoms with E-state index in [1.165, 1.54) is 6.20 Å². The maximum atomic E-state index is 11.4. The van der Waals surface area contributed by atoms with Crippen LogP contribution in [-0.2, 0) is 6.54 Å². The van der Waals surface area contributed by atoms with Gasteiger partial charge in [0.2, 0.25) is 0 Å². The third-order valence-electron chi connectivity index (χ3n) is 2.79. The van der Waals surface area contributed by atoms with Crippen molar-refractivity contribution in [2.45, 2.75) is 25.8 Å². The lowest BCUT2D eigenvalue weighted by atomic mass is 10.0. The van der Waals surface area contributed by atoms with Gasteiger partial charge in [0.1, 0.15) is 0 Å². The molecule has 0 aliphatic heterocycles. The Morgan fingerprint density at radius 1 is 1.67 bits per heavy atom. The van der Waals surface area contributed by atoms with E-state index in [1.807, 2.05) is 0 Å². The van der Waals surface area contributed by atoms with E-state index in [4.69, 9.17) is 18.0 Å². The van der Waals surface area contributed by atoms with E-state index in [2.05, 4.69) is 4.98 Å². The normalized spacial score (nSPS) is 17.3. The van der Waals surface area contributed by atoms with Gasteiger partial charge in [0.15, 0.2) is 0 Å². The van der Waals surface area contributed by atoms with E-state index in [0.717, 1.165) is 19.3 Å². The lowest BCUT2D eigenvalue weighted by Crippen LogP contribution is -2.28. The molecule has 80 valence electrons. The van der Waals surface area contributed by atoms with Gasteiger partial charge >= 0.3 is 5.69 Å². The zero-order valence-electron chi connectivity index (χ0n) is 8.35. The lowest BCUT2D eigenvalue weighted by Gasteiger charge is -2.14. The zero-order chi connectivity index (χ0) is 10.9. The Hall–Kier alpha value is -1.23. The maximum absolute atomic E-state index is 11.4. The summed E-state index contributed by atoms with van der Waals surface area (Å²) in [4.78, 5) is 15.6. The summed E-state index contributed by atoms with van der Waals surface area (Å²) in [5.41, 5.74) is 5.46. The molecule has 0 amide bonds. The van der Waals surface area contributed by atoms with Gasteiger partial charge in [0, 0.05) is 25.4 Å². The molecule has 1 heterocycles. The first-order valence-corrected chi connectivity index (χ1v) is 5.32. The van der Waals surface area contributed by atoms with E-state index in [0.29, 0.717) is 11.5 Å². The Balaban J connectivity index is 2.12. The van der Waals surface area contributed by atoms with Crippen LogP contribution < -0.4 is 11.4 Å². The van der Waals surface area contributed by atoms with Crippen LogP contribution in [0.15, 0.2) is 23.3 Å². The van der Waals surface area contributed by atoms with Crippen LogP contribution in [-0.4, -0.2) is 14.5 Å². The zero-order valence-corrected chi connectivity index (χ0v) is 9.17. The fraction of sp³-hybridized carbons (Fsp3) is 0.500. The molecule has 2 rings (SSSR count). The molecular weight excluding hydrogens is 210 g/mol. The van der Waals surface area contributed by atoms with Crippen molar-refractivity contribution in [2.75, 3.05) is 0 Å². The molecule has 0 unspecified atom stereocenters. The van der Waals surface area contributed by atoms with Gasteiger partial charge in [-0.3, -0.25) is 4.57 Å². The van der Waals surface area contributed by atoms with E-state index in [-0.39, 0.29) is 11.1 Å². The highest BCUT2D eigenvalue weighted by molar-refractivity contribution is 7.80. The highest BCUT2D eigenvalue weighted by Crippen LogP contribution is 2.49. The number of nitrogens with zero attached hydrogens (tertiary/aromatic N) is 2. The number of hydrogen-bond acceptors (Lipinski definition) is 3. The van der Waals surface area contributed by atoms with Crippen LogP contribution in [0.1, 0.15) is 19.3 Å². The summed E-state index contributed by atoms with van der Waals surface area (Å²) in [6, 6.07) is 1.76. The molecule has 4 nitrogen and oxygen atoms in total. The summed E-state index contributed by atoms with van der Waals surface area (Å²) >= 11 is 4.91. The van der Waals surface area contributed by atoms with Crippen LogP contribution in [0.5, 0.6) is 0 Å². The number of nitrogens with two attached hydrogens (primary N) is 1. The largest absolute Gasteiger partial charge is 0.393 e. The highest BCUT2D eigenvalue weighted by Gasteiger charge is 2.43. The van der Waals surface area contributed by atoms with Gasteiger partial charge in [0.05, 0.1) is 4.99 Å². The summed E-state index contributed by atoms with van der Waals surface area (Å²) in [6.45, 7) is 0.678. The van der Waals surface area contributed by atoms with E-state index in [1.54, 1.807) is 16.8 Å². The number of hydrogen-bond donors (Lipinski definition) is 1. The van der Waals surface area contributed by atoms with Crippen molar-refractivity contribution in [3.05, 3.63) is 28.9 Å². The molecule has 15 heavy (non-hydrogen) atoms. The molecule has 0 aromatic carbocycles. The summed E-state index contributed by atoms with van der Waals surface area (Å²) < 4.78 is 1.63. The second-order valence-electron chi connectivity index (χ2n) is 4.17. The van der Waals surface area contributed by atoms with Crippen LogP contribution in [0, 0.1) is 5.41 Å². The van der Waals surface area contributed by atoms with Gasteiger partial charge in [-0.15, -0.1) is 0 Å². The first-order valence-electron chi connectivity index (χ1n) is 4.91. The predicted octanol–water partition coefficient (Wildman–Crippen LogP) is 0.700. The minimum atomic E-state index is -0.202. The van der Waals surface area contributed by atoms with Crippen molar-refractivity contribution < 1.29 is 0 Å². The lowest BCUT2D eigenvalue weighted by molar-refractivity contribution is 0.425. The maximum Gasteiger partial charge on any atom is 0.347 e. The van der Waals surface area contributed by atoms with Crippen LogP contribution in [0.3, 0.4) is 0 Å². The Labute approximate surface area is 93.1 Å². The van der Waals surface area contributed by atoms with E-state index in [9.17, 15) is 4.79 Å². The second kappa shape index (κ2) is 3.73. The summed E-state index contributed by atoms with van der Waals surface area (Å²) in [6.07, 6.45) is 6.17. The van der Waals surface area contributed by atoms with E-state index < -0.39 is 0 Å². The molecule has 0 saturated heterocycles. The van der Waals surface area contributed by atoms with Crippen LogP contribution in [0.2, 0.25) is 0 Å². The molecule has 0 bridgehead atoms. The Morgan fingerprint density at radius 2 is 2.40 bits per heavy atom. The summed E-state index contributed by atoms with van der Waals surface area (Å²) in [5.74, 6) is 0. The van der Waals surface area contributed by atoms with Crippen molar-refractivity contribution in [1.29, 1.82) is 0 Å². The molecule has 0 radical (unpaired) electrons. The molecule has 0 atom stereocenters. The third-order valence-corrected chi connectivity index (χ3v) is 2.94. The fourth-order valence-electron chi connectivity index (χ4n) is 1.81. The predicted molar refractivity (Wildman–Crippen MR) is 61.6 cm³/mol. The first kappa shape index (κ1) is 10.3. The molecule has 0 spiro atoms. The average molecular weight is 223 g/mol. The Morgan fingerprint density at radius 3 is 2.93 bits per heavy atom. The number of rotatable bonds is 4. The summed E-state index contributed by atoms with van der Waals surface area (Å²) in [5, 5.41) is 0. The highest BCUT2D eigenvalue weighted by atomic mass is 32.1. The van der Waals surface area contributed by atoms with E-state index >= 15 is 0 Å². The molecule has 1 aliphatic rings.